The molecule has 1 fully saturated rings. The summed E-state index contributed by atoms with van der Waals surface area (Å²) in [6, 6.07) is 8.26. The van der Waals surface area contributed by atoms with Crippen molar-refractivity contribution in [3.05, 3.63) is 41.5 Å². The van der Waals surface area contributed by atoms with Crippen molar-refractivity contribution < 1.29 is 9.84 Å². The normalized spacial score (nSPS) is 25.5. The zero-order chi connectivity index (χ0) is 14.7. The predicted octanol–water partition coefficient (Wildman–Crippen LogP) is 2.85. The van der Waals surface area contributed by atoms with Crippen molar-refractivity contribution in [3.8, 4) is 5.75 Å². The molecule has 3 rings (SSSR count). The second kappa shape index (κ2) is 6.63. The molecule has 0 amide bonds. The van der Waals surface area contributed by atoms with E-state index in [1.54, 1.807) is 5.57 Å². The number of ether oxygens (including phenoxy) is 1. The summed E-state index contributed by atoms with van der Waals surface area (Å²) in [7, 11) is 0. The summed E-state index contributed by atoms with van der Waals surface area (Å²) < 4.78 is 5.49. The summed E-state index contributed by atoms with van der Waals surface area (Å²) in [4.78, 5) is 2.58. The molecule has 1 aliphatic heterocycles. The van der Waals surface area contributed by atoms with Gasteiger partial charge in [0, 0.05) is 19.6 Å². The van der Waals surface area contributed by atoms with Gasteiger partial charge in [-0.05, 0) is 49.3 Å². The van der Waals surface area contributed by atoms with E-state index < -0.39 is 0 Å². The Bertz CT molecular complexity index is 512. The number of hydrogen-bond donors (Lipinski definition) is 1. The van der Waals surface area contributed by atoms with Crippen LogP contribution in [-0.2, 0) is 6.54 Å². The Morgan fingerprint density at radius 2 is 2.14 bits per heavy atom. The van der Waals surface area contributed by atoms with Gasteiger partial charge in [-0.1, -0.05) is 23.8 Å². The number of fused-ring (bicyclic) bond motifs is 1. The first-order valence-electron chi connectivity index (χ1n) is 7.95. The molecule has 1 N–H and O–H groups in total. The van der Waals surface area contributed by atoms with Gasteiger partial charge in [-0.3, -0.25) is 4.90 Å². The third-order valence-electron chi connectivity index (χ3n) is 4.67. The van der Waals surface area contributed by atoms with Crippen LogP contribution in [0, 0.1) is 11.8 Å². The van der Waals surface area contributed by atoms with E-state index in [1.807, 2.05) is 12.1 Å². The number of allylic oxidation sites excluding steroid dienone is 2. The molecule has 21 heavy (non-hydrogen) atoms. The number of benzene rings is 1. The first kappa shape index (κ1) is 14.6. The summed E-state index contributed by atoms with van der Waals surface area (Å²) in [5, 5.41) is 8.83. The standard InChI is InChI=1S/C18H25NO2/c1-14-5-6-16-12-19(13-17(16)9-14)11-15-3-2-4-18(10-15)21-8-7-20/h2-5,10,16-17,20H,6-9,11-13H2,1H3/t16-,17+/m1/s1. The van der Waals surface area contributed by atoms with Gasteiger partial charge in [-0.2, -0.15) is 0 Å². The number of nitrogens with zero attached hydrogens (tertiary/aromatic N) is 1. The van der Waals surface area contributed by atoms with Gasteiger partial charge < -0.3 is 9.84 Å². The Morgan fingerprint density at radius 3 is 3.00 bits per heavy atom. The smallest absolute Gasteiger partial charge is 0.119 e. The molecule has 0 aromatic heterocycles. The summed E-state index contributed by atoms with van der Waals surface area (Å²) in [6.45, 7) is 6.13. The third-order valence-corrected chi connectivity index (χ3v) is 4.67. The van der Waals surface area contributed by atoms with Crippen molar-refractivity contribution in [2.24, 2.45) is 11.8 Å². The van der Waals surface area contributed by atoms with E-state index in [4.69, 9.17) is 9.84 Å². The fourth-order valence-electron chi connectivity index (χ4n) is 3.67. The Labute approximate surface area is 127 Å². The molecule has 0 bridgehead atoms. The average Bonchev–Trinajstić information content (AvgIpc) is 2.86. The average molecular weight is 287 g/mol. The molecule has 1 aliphatic carbocycles. The second-order valence-electron chi connectivity index (χ2n) is 6.42. The number of likely N-dealkylation sites (tertiary alicyclic amines) is 1. The van der Waals surface area contributed by atoms with E-state index >= 15 is 0 Å². The summed E-state index contributed by atoms with van der Waals surface area (Å²) in [5.74, 6) is 2.56. The molecular formula is C18H25NO2. The first-order chi connectivity index (χ1) is 10.2. The highest BCUT2D eigenvalue weighted by Gasteiger charge is 2.33. The maximum atomic E-state index is 8.83. The first-order valence-corrected chi connectivity index (χ1v) is 7.95. The third kappa shape index (κ3) is 3.66. The lowest BCUT2D eigenvalue weighted by Gasteiger charge is -2.22. The summed E-state index contributed by atoms with van der Waals surface area (Å²) in [5.41, 5.74) is 2.87. The Morgan fingerprint density at radius 1 is 1.29 bits per heavy atom. The molecule has 1 aromatic carbocycles. The lowest BCUT2D eigenvalue weighted by Crippen LogP contribution is -2.20. The number of hydrogen-bond acceptors (Lipinski definition) is 3. The van der Waals surface area contributed by atoms with Crippen LogP contribution in [0.4, 0.5) is 0 Å². The number of aliphatic hydroxyl groups excluding tert-OH is 1. The molecular weight excluding hydrogens is 262 g/mol. The topological polar surface area (TPSA) is 32.7 Å². The van der Waals surface area contributed by atoms with Crippen LogP contribution < -0.4 is 4.74 Å². The van der Waals surface area contributed by atoms with Crippen molar-refractivity contribution in [2.45, 2.75) is 26.3 Å². The molecule has 0 radical (unpaired) electrons. The van der Waals surface area contributed by atoms with E-state index in [-0.39, 0.29) is 6.61 Å². The minimum Gasteiger partial charge on any atom is -0.491 e. The van der Waals surface area contributed by atoms with Gasteiger partial charge >= 0.3 is 0 Å². The van der Waals surface area contributed by atoms with Gasteiger partial charge in [0.25, 0.3) is 0 Å². The van der Waals surface area contributed by atoms with Crippen LogP contribution in [-0.4, -0.2) is 36.3 Å². The highest BCUT2D eigenvalue weighted by Crippen LogP contribution is 2.36. The zero-order valence-electron chi connectivity index (χ0n) is 12.8. The molecule has 3 heteroatoms. The van der Waals surface area contributed by atoms with Crippen molar-refractivity contribution in [3.63, 3.8) is 0 Å². The van der Waals surface area contributed by atoms with Crippen LogP contribution in [0.25, 0.3) is 0 Å². The molecule has 3 nitrogen and oxygen atoms in total. The van der Waals surface area contributed by atoms with Crippen molar-refractivity contribution >= 4 is 0 Å². The Balaban J connectivity index is 1.58. The molecule has 2 atom stereocenters. The van der Waals surface area contributed by atoms with Gasteiger partial charge in [0.05, 0.1) is 6.61 Å². The fourth-order valence-corrected chi connectivity index (χ4v) is 3.67. The maximum absolute atomic E-state index is 8.83. The maximum Gasteiger partial charge on any atom is 0.119 e. The monoisotopic (exact) mass is 287 g/mol. The van der Waals surface area contributed by atoms with Gasteiger partial charge in [0.2, 0.25) is 0 Å². The van der Waals surface area contributed by atoms with E-state index in [0.29, 0.717) is 6.61 Å². The van der Waals surface area contributed by atoms with Crippen LogP contribution in [0.15, 0.2) is 35.9 Å². The predicted molar refractivity (Wildman–Crippen MR) is 84.3 cm³/mol. The van der Waals surface area contributed by atoms with Crippen LogP contribution in [0.3, 0.4) is 0 Å². The fraction of sp³-hybridized carbons (Fsp3) is 0.556. The lowest BCUT2D eigenvalue weighted by atomic mass is 9.83. The minimum atomic E-state index is 0.0616. The minimum absolute atomic E-state index is 0.0616. The molecule has 2 aliphatic rings. The van der Waals surface area contributed by atoms with Gasteiger partial charge in [0.1, 0.15) is 12.4 Å². The lowest BCUT2D eigenvalue weighted by molar-refractivity contribution is 0.201. The molecule has 0 unspecified atom stereocenters. The van der Waals surface area contributed by atoms with Gasteiger partial charge in [-0.25, -0.2) is 0 Å². The van der Waals surface area contributed by atoms with Crippen LogP contribution in [0.2, 0.25) is 0 Å². The Hall–Kier alpha value is -1.32. The van der Waals surface area contributed by atoms with E-state index in [0.717, 1.165) is 24.1 Å². The Kier molecular flexibility index (Phi) is 4.61. The molecule has 114 valence electrons. The summed E-state index contributed by atoms with van der Waals surface area (Å²) in [6.07, 6.45) is 4.96. The molecule has 0 saturated carbocycles. The summed E-state index contributed by atoms with van der Waals surface area (Å²) >= 11 is 0. The van der Waals surface area contributed by atoms with Crippen molar-refractivity contribution in [1.29, 1.82) is 0 Å². The number of aliphatic hydroxyl groups is 1. The highest BCUT2D eigenvalue weighted by molar-refractivity contribution is 5.28. The van der Waals surface area contributed by atoms with E-state index in [9.17, 15) is 0 Å². The van der Waals surface area contributed by atoms with E-state index in [2.05, 4.69) is 30.0 Å². The quantitative estimate of drug-likeness (QED) is 0.845. The number of rotatable bonds is 5. The van der Waals surface area contributed by atoms with Crippen LogP contribution in [0.1, 0.15) is 25.3 Å². The molecule has 1 aromatic rings. The molecule has 1 saturated heterocycles. The van der Waals surface area contributed by atoms with E-state index in [1.165, 1.54) is 31.5 Å². The van der Waals surface area contributed by atoms with Crippen molar-refractivity contribution in [1.82, 2.24) is 4.90 Å². The van der Waals surface area contributed by atoms with Gasteiger partial charge in [-0.15, -0.1) is 0 Å². The zero-order valence-corrected chi connectivity index (χ0v) is 12.8. The molecule has 1 heterocycles. The van der Waals surface area contributed by atoms with Crippen LogP contribution >= 0.6 is 0 Å². The second-order valence-corrected chi connectivity index (χ2v) is 6.42. The SMILES string of the molecule is CC1=CC[C@@H]2CN(Cc3cccc(OCCO)c3)C[C@@H]2C1. The van der Waals surface area contributed by atoms with Crippen molar-refractivity contribution in [2.75, 3.05) is 26.3 Å². The van der Waals surface area contributed by atoms with Gasteiger partial charge in [0.15, 0.2) is 0 Å². The largest absolute Gasteiger partial charge is 0.491 e. The van der Waals surface area contributed by atoms with Crippen LogP contribution in [0.5, 0.6) is 5.75 Å². The molecule has 0 spiro atoms. The highest BCUT2D eigenvalue weighted by atomic mass is 16.5.